The molecule has 1 aromatic heterocycles. The van der Waals surface area contributed by atoms with E-state index in [1.165, 1.54) is 23.1 Å². The first-order valence-corrected chi connectivity index (χ1v) is 7.05. The summed E-state index contributed by atoms with van der Waals surface area (Å²) >= 11 is 0. The highest BCUT2D eigenvalue weighted by molar-refractivity contribution is 5.62. The fraction of sp³-hybridized carbons (Fsp3) is 0.438. The van der Waals surface area contributed by atoms with Gasteiger partial charge in [0.1, 0.15) is 0 Å². The van der Waals surface area contributed by atoms with Crippen LogP contribution >= 0.6 is 0 Å². The molecule has 2 aromatic rings. The van der Waals surface area contributed by atoms with E-state index < -0.39 is 0 Å². The van der Waals surface area contributed by atoms with E-state index >= 15 is 0 Å². The highest BCUT2D eigenvalue weighted by atomic mass is 15.1. The van der Waals surface area contributed by atoms with Gasteiger partial charge in [-0.15, -0.1) is 0 Å². The molecule has 2 rings (SSSR count). The monoisotopic (exact) mass is 257 g/mol. The molecule has 0 spiro atoms. The first-order valence-electron chi connectivity index (χ1n) is 7.05. The summed E-state index contributed by atoms with van der Waals surface area (Å²) in [6, 6.07) is 9.25. The highest BCUT2D eigenvalue weighted by Gasteiger charge is 2.07. The molecular formula is C16H23N3. The van der Waals surface area contributed by atoms with Crippen molar-refractivity contribution in [3.8, 4) is 11.3 Å². The van der Waals surface area contributed by atoms with Crippen molar-refractivity contribution in [1.29, 1.82) is 0 Å². The van der Waals surface area contributed by atoms with E-state index in [0.717, 1.165) is 18.7 Å². The van der Waals surface area contributed by atoms with Crippen LogP contribution in [0.3, 0.4) is 0 Å². The Bertz CT molecular complexity index is 497. The highest BCUT2D eigenvalue weighted by Crippen LogP contribution is 2.21. The molecule has 2 N–H and O–H groups in total. The summed E-state index contributed by atoms with van der Waals surface area (Å²) in [5, 5.41) is 10.7. The summed E-state index contributed by atoms with van der Waals surface area (Å²) in [6.07, 6.45) is 4.24. The van der Waals surface area contributed by atoms with E-state index in [2.05, 4.69) is 60.6 Å². The molecular weight excluding hydrogens is 234 g/mol. The Kier molecular flexibility index (Phi) is 4.74. The number of nitrogens with one attached hydrogen (secondary N) is 2. The smallest absolute Gasteiger partial charge is 0.0695 e. The summed E-state index contributed by atoms with van der Waals surface area (Å²) in [5.41, 5.74) is 4.94. The number of aryl methyl sites for hydroxylation is 1. The van der Waals surface area contributed by atoms with Gasteiger partial charge in [0.2, 0.25) is 0 Å². The normalized spacial score (nSPS) is 11.2. The van der Waals surface area contributed by atoms with Crippen molar-refractivity contribution in [3.05, 3.63) is 41.6 Å². The van der Waals surface area contributed by atoms with Gasteiger partial charge in [-0.2, -0.15) is 5.10 Å². The summed E-state index contributed by atoms with van der Waals surface area (Å²) in [4.78, 5) is 0. The lowest BCUT2D eigenvalue weighted by Gasteiger charge is -2.08. The third-order valence-electron chi connectivity index (χ3n) is 3.20. The Morgan fingerprint density at radius 3 is 2.58 bits per heavy atom. The minimum atomic E-state index is 0.481. The van der Waals surface area contributed by atoms with Crippen molar-refractivity contribution < 1.29 is 0 Å². The molecule has 1 aromatic carbocycles. The molecule has 0 amide bonds. The molecule has 1 heterocycles. The zero-order chi connectivity index (χ0) is 13.7. The Morgan fingerprint density at radius 2 is 1.95 bits per heavy atom. The lowest BCUT2D eigenvalue weighted by Crippen LogP contribution is -2.21. The lowest BCUT2D eigenvalue weighted by molar-refractivity contribution is 0.589. The van der Waals surface area contributed by atoms with Gasteiger partial charge >= 0.3 is 0 Å². The number of benzene rings is 1. The average Bonchev–Trinajstić information content (AvgIpc) is 2.86. The zero-order valence-corrected chi connectivity index (χ0v) is 12.0. The first-order chi connectivity index (χ1) is 9.20. The van der Waals surface area contributed by atoms with Gasteiger partial charge in [0.15, 0.2) is 0 Å². The number of hydrogen-bond acceptors (Lipinski definition) is 2. The third kappa shape index (κ3) is 3.67. The number of hydrogen-bond donors (Lipinski definition) is 2. The Balaban J connectivity index is 2.15. The summed E-state index contributed by atoms with van der Waals surface area (Å²) in [6.45, 7) is 7.36. The van der Waals surface area contributed by atoms with Gasteiger partial charge in [-0.05, 0) is 17.5 Å². The largest absolute Gasteiger partial charge is 0.310 e. The maximum Gasteiger partial charge on any atom is 0.0695 e. The number of H-pyrrole nitrogens is 1. The minimum Gasteiger partial charge on any atom is -0.310 e. The Labute approximate surface area is 115 Å². The Hall–Kier alpha value is -1.61. The maximum atomic E-state index is 4.17. The van der Waals surface area contributed by atoms with Crippen LogP contribution in [0.1, 0.15) is 38.3 Å². The summed E-state index contributed by atoms with van der Waals surface area (Å²) < 4.78 is 0. The van der Waals surface area contributed by atoms with Crippen LogP contribution < -0.4 is 5.32 Å². The summed E-state index contributed by atoms with van der Waals surface area (Å²) in [7, 11) is 0. The molecule has 102 valence electrons. The Morgan fingerprint density at radius 1 is 1.21 bits per heavy atom. The van der Waals surface area contributed by atoms with Crippen molar-refractivity contribution in [3.63, 3.8) is 0 Å². The van der Waals surface area contributed by atoms with Crippen LogP contribution in [0.25, 0.3) is 11.3 Å². The topological polar surface area (TPSA) is 40.7 Å². The van der Waals surface area contributed by atoms with Crippen LogP contribution in [-0.2, 0) is 13.0 Å². The first kappa shape index (κ1) is 13.8. The van der Waals surface area contributed by atoms with Crippen molar-refractivity contribution >= 4 is 0 Å². The predicted molar refractivity (Wildman–Crippen MR) is 80.0 cm³/mol. The van der Waals surface area contributed by atoms with Crippen molar-refractivity contribution in [2.75, 3.05) is 0 Å². The molecule has 3 nitrogen and oxygen atoms in total. The summed E-state index contributed by atoms with van der Waals surface area (Å²) in [5.74, 6) is 0. The second-order valence-electron chi connectivity index (χ2n) is 5.25. The second kappa shape index (κ2) is 6.53. The van der Waals surface area contributed by atoms with Crippen molar-refractivity contribution in [2.45, 2.75) is 46.2 Å². The molecule has 19 heavy (non-hydrogen) atoms. The van der Waals surface area contributed by atoms with Gasteiger partial charge in [-0.3, -0.25) is 5.10 Å². The van der Waals surface area contributed by atoms with E-state index in [4.69, 9.17) is 0 Å². The molecule has 0 aliphatic rings. The standard InChI is InChI=1S/C16H23N3/c1-4-5-13-6-8-14(9-7-13)16-15(11-18-19-16)10-17-12(2)3/h6-9,11-12,17H,4-5,10H2,1-3H3,(H,18,19). The molecule has 0 aliphatic heterocycles. The molecule has 0 fully saturated rings. The van der Waals surface area contributed by atoms with E-state index in [1.54, 1.807) is 0 Å². The average molecular weight is 257 g/mol. The van der Waals surface area contributed by atoms with E-state index in [1.807, 2.05) is 6.20 Å². The van der Waals surface area contributed by atoms with Gasteiger partial charge in [0.25, 0.3) is 0 Å². The molecule has 0 saturated carbocycles. The molecule has 0 atom stereocenters. The second-order valence-corrected chi connectivity index (χ2v) is 5.25. The third-order valence-corrected chi connectivity index (χ3v) is 3.20. The molecule has 0 radical (unpaired) electrons. The molecule has 3 heteroatoms. The van der Waals surface area contributed by atoms with Gasteiger partial charge in [-0.25, -0.2) is 0 Å². The van der Waals surface area contributed by atoms with Crippen LogP contribution in [0.15, 0.2) is 30.5 Å². The molecule has 0 aliphatic carbocycles. The quantitative estimate of drug-likeness (QED) is 0.831. The minimum absolute atomic E-state index is 0.481. The number of aromatic amines is 1. The van der Waals surface area contributed by atoms with Crippen LogP contribution in [-0.4, -0.2) is 16.2 Å². The van der Waals surface area contributed by atoms with E-state index in [0.29, 0.717) is 6.04 Å². The molecule has 0 bridgehead atoms. The van der Waals surface area contributed by atoms with Gasteiger partial charge in [0, 0.05) is 18.2 Å². The SMILES string of the molecule is CCCc1ccc(-c2[nH]ncc2CNC(C)C)cc1. The fourth-order valence-electron chi connectivity index (χ4n) is 2.14. The predicted octanol–water partition coefficient (Wildman–Crippen LogP) is 3.53. The van der Waals surface area contributed by atoms with Crippen molar-refractivity contribution in [2.24, 2.45) is 0 Å². The lowest BCUT2D eigenvalue weighted by atomic mass is 10.0. The number of rotatable bonds is 6. The van der Waals surface area contributed by atoms with Crippen LogP contribution in [0.5, 0.6) is 0 Å². The van der Waals surface area contributed by atoms with Crippen LogP contribution in [0, 0.1) is 0 Å². The van der Waals surface area contributed by atoms with Crippen LogP contribution in [0.2, 0.25) is 0 Å². The van der Waals surface area contributed by atoms with Crippen molar-refractivity contribution in [1.82, 2.24) is 15.5 Å². The number of nitrogens with zero attached hydrogens (tertiary/aromatic N) is 1. The van der Waals surface area contributed by atoms with Gasteiger partial charge in [-0.1, -0.05) is 51.5 Å². The van der Waals surface area contributed by atoms with Crippen LogP contribution in [0.4, 0.5) is 0 Å². The molecule has 0 unspecified atom stereocenters. The zero-order valence-electron chi connectivity index (χ0n) is 12.0. The van der Waals surface area contributed by atoms with Gasteiger partial charge in [0.05, 0.1) is 11.9 Å². The van der Waals surface area contributed by atoms with E-state index in [-0.39, 0.29) is 0 Å². The maximum absolute atomic E-state index is 4.17. The molecule has 0 saturated heterocycles. The van der Waals surface area contributed by atoms with E-state index in [9.17, 15) is 0 Å². The fourth-order valence-corrected chi connectivity index (χ4v) is 2.14. The number of aromatic nitrogens is 2. The van der Waals surface area contributed by atoms with Gasteiger partial charge < -0.3 is 5.32 Å².